The van der Waals surface area contributed by atoms with Crippen LogP contribution in [-0.4, -0.2) is 9.97 Å². The highest BCUT2D eigenvalue weighted by atomic mass is 35.5. The smallest absolute Gasteiger partial charge is 0.160 e. The maximum Gasteiger partial charge on any atom is 0.160 e. The van der Waals surface area contributed by atoms with Crippen LogP contribution >= 0.6 is 23.2 Å². The summed E-state index contributed by atoms with van der Waals surface area (Å²) >= 11 is 11.4. The molecule has 0 N–H and O–H groups in total. The van der Waals surface area contributed by atoms with E-state index in [1.165, 1.54) is 0 Å². The predicted octanol–water partition coefficient (Wildman–Crippen LogP) is 2.94. The van der Waals surface area contributed by atoms with Gasteiger partial charge in [-0.1, -0.05) is 23.2 Å². The molecule has 0 fully saturated rings. The Kier molecular flexibility index (Phi) is 1.87. The highest BCUT2D eigenvalue weighted by Crippen LogP contribution is 2.16. The van der Waals surface area contributed by atoms with Crippen LogP contribution in [0.4, 0.5) is 0 Å². The molecular weight excluding hydrogens is 195 g/mol. The molecule has 2 rings (SSSR count). The molecule has 0 saturated heterocycles. The minimum absolute atomic E-state index is 0.442. The topological polar surface area (TPSA) is 25.8 Å². The molecule has 0 saturated carbocycles. The fourth-order valence-corrected chi connectivity index (χ4v) is 1.27. The van der Waals surface area contributed by atoms with Crippen LogP contribution in [0.2, 0.25) is 10.2 Å². The van der Waals surface area contributed by atoms with Crippen LogP contribution in [0.3, 0.4) is 0 Å². The summed E-state index contributed by atoms with van der Waals surface area (Å²) in [5.41, 5.74) is 0.618. The second kappa shape index (κ2) is 2.88. The average molecular weight is 199 g/mol. The lowest BCUT2D eigenvalue weighted by Gasteiger charge is -1.96. The summed E-state index contributed by atoms with van der Waals surface area (Å²) < 4.78 is 0. The number of hydrogen-bond donors (Lipinski definition) is 0. The van der Waals surface area contributed by atoms with Gasteiger partial charge >= 0.3 is 0 Å². The summed E-state index contributed by atoms with van der Waals surface area (Å²) in [6, 6.07) is 5.35. The SMILES string of the molecule is Clc1cnc2nc(Cl)ccc2c1. The maximum absolute atomic E-state index is 5.74. The Morgan fingerprint density at radius 3 is 2.83 bits per heavy atom. The summed E-state index contributed by atoms with van der Waals surface area (Å²) in [5, 5.41) is 1.94. The van der Waals surface area contributed by atoms with E-state index in [0.29, 0.717) is 15.8 Å². The molecule has 2 heterocycles. The van der Waals surface area contributed by atoms with Gasteiger partial charge < -0.3 is 0 Å². The molecule has 0 aliphatic heterocycles. The lowest BCUT2D eigenvalue weighted by molar-refractivity contribution is 1.29. The molecule has 0 unspecified atom stereocenters. The number of halogens is 2. The Balaban J connectivity index is 2.79. The molecule has 2 aromatic rings. The number of rotatable bonds is 0. The molecular formula is C8H4Cl2N2. The number of aromatic nitrogens is 2. The standard InChI is InChI=1S/C8H4Cl2N2/c9-6-3-5-1-2-7(10)12-8(5)11-4-6/h1-4H. The lowest BCUT2D eigenvalue weighted by Crippen LogP contribution is -1.82. The second-order valence-electron chi connectivity index (χ2n) is 2.33. The van der Waals surface area contributed by atoms with Gasteiger partial charge in [0.25, 0.3) is 0 Å². The Morgan fingerprint density at radius 1 is 1.17 bits per heavy atom. The largest absolute Gasteiger partial charge is 0.235 e. The van der Waals surface area contributed by atoms with Gasteiger partial charge in [-0.3, -0.25) is 0 Å². The maximum atomic E-state index is 5.74. The van der Waals surface area contributed by atoms with Crippen molar-refractivity contribution in [3.63, 3.8) is 0 Å². The first-order valence-corrected chi connectivity index (χ1v) is 4.09. The summed E-state index contributed by atoms with van der Waals surface area (Å²) in [5.74, 6) is 0. The van der Waals surface area contributed by atoms with Crippen molar-refractivity contribution in [2.24, 2.45) is 0 Å². The Hall–Kier alpha value is -0.860. The van der Waals surface area contributed by atoms with E-state index < -0.39 is 0 Å². The molecule has 0 atom stereocenters. The summed E-state index contributed by atoms with van der Waals surface area (Å²) in [6.07, 6.45) is 1.55. The quantitative estimate of drug-likeness (QED) is 0.609. The van der Waals surface area contributed by atoms with Gasteiger partial charge in [0.05, 0.1) is 5.02 Å². The van der Waals surface area contributed by atoms with Gasteiger partial charge in [0.15, 0.2) is 5.65 Å². The first-order chi connectivity index (χ1) is 5.75. The van der Waals surface area contributed by atoms with Gasteiger partial charge in [-0.2, -0.15) is 0 Å². The van der Waals surface area contributed by atoms with Crippen molar-refractivity contribution in [2.45, 2.75) is 0 Å². The number of hydrogen-bond acceptors (Lipinski definition) is 2. The molecule has 2 aromatic heterocycles. The Bertz CT molecular complexity index is 387. The third-order valence-corrected chi connectivity index (χ3v) is 1.89. The Morgan fingerprint density at radius 2 is 2.00 bits per heavy atom. The van der Waals surface area contributed by atoms with Crippen molar-refractivity contribution < 1.29 is 0 Å². The van der Waals surface area contributed by atoms with Crippen LogP contribution in [0, 0.1) is 0 Å². The molecule has 0 radical (unpaired) electrons. The molecule has 0 aliphatic rings. The zero-order chi connectivity index (χ0) is 8.55. The van der Waals surface area contributed by atoms with E-state index in [1.54, 1.807) is 18.3 Å². The molecule has 0 amide bonds. The van der Waals surface area contributed by atoms with E-state index in [0.717, 1.165) is 5.39 Å². The third kappa shape index (κ3) is 1.36. The Labute approximate surface area is 79.2 Å². The molecule has 0 spiro atoms. The molecule has 60 valence electrons. The number of pyridine rings is 2. The van der Waals surface area contributed by atoms with Crippen molar-refractivity contribution in [1.82, 2.24) is 9.97 Å². The second-order valence-corrected chi connectivity index (χ2v) is 3.16. The van der Waals surface area contributed by atoms with Crippen molar-refractivity contribution in [1.29, 1.82) is 0 Å². The average Bonchev–Trinajstić information content (AvgIpc) is 2.05. The summed E-state index contributed by atoms with van der Waals surface area (Å²) in [6.45, 7) is 0. The van der Waals surface area contributed by atoms with Crippen LogP contribution in [0.15, 0.2) is 24.4 Å². The van der Waals surface area contributed by atoms with Gasteiger partial charge in [-0.15, -0.1) is 0 Å². The van der Waals surface area contributed by atoms with Crippen LogP contribution in [0.5, 0.6) is 0 Å². The first kappa shape index (κ1) is 7.77. The van der Waals surface area contributed by atoms with Gasteiger partial charge in [-0.05, 0) is 18.2 Å². The molecule has 0 aromatic carbocycles. The van der Waals surface area contributed by atoms with Crippen molar-refractivity contribution in [3.05, 3.63) is 34.6 Å². The normalized spacial score (nSPS) is 10.5. The van der Waals surface area contributed by atoms with E-state index in [-0.39, 0.29) is 0 Å². The molecule has 12 heavy (non-hydrogen) atoms. The van der Waals surface area contributed by atoms with Crippen molar-refractivity contribution in [2.75, 3.05) is 0 Å². The third-order valence-electron chi connectivity index (χ3n) is 1.47. The van der Waals surface area contributed by atoms with E-state index in [4.69, 9.17) is 23.2 Å². The first-order valence-electron chi connectivity index (χ1n) is 3.33. The van der Waals surface area contributed by atoms with E-state index in [2.05, 4.69) is 9.97 Å². The number of fused-ring (bicyclic) bond motifs is 1. The van der Waals surface area contributed by atoms with Gasteiger partial charge in [-0.25, -0.2) is 9.97 Å². The van der Waals surface area contributed by atoms with Crippen LogP contribution < -0.4 is 0 Å². The minimum Gasteiger partial charge on any atom is -0.235 e. The molecule has 0 aliphatic carbocycles. The van der Waals surface area contributed by atoms with Crippen LogP contribution in [0.25, 0.3) is 11.0 Å². The predicted molar refractivity (Wildman–Crippen MR) is 49.6 cm³/mol. The van der Waals surface area contributed by atoms with Crippen LogP contribution in [0.1, 0.15) is 0 Å². The van der Waals surface area contributed by atoms with Gasteiger partial charge in [0.2, 0.25) is 0 Å². The van der Waals surface area contributed by atoms with Crippen molar-refractivity contribution in [3.8, 4) is 0 Å². The molecule has 2 nitrogen and oxygen atoms in total. The van der Waals surface area contributed by atoms with Gasteiger partial charge in [0, 0.05) is 11.6 Å². The zero-order valence-corrected chi connectivity index (χ0v) is 7.47. The highest BCUT2D eigenvalue weighted by molar-refractivity contribution is 6.31. The zero-order valence-electron chi connectivity index (χ0n) is 5.96. The summed E-state index contributed by atoms with van der Waals surface area (Å²) in [4.78, 5) is 8.03. The highest BCUT2D eigenvalue weighted by Gasteiger charge is 1.97. The van der Waals surface area contributed by atoms with Gasteiger partial charge in [0.1, 0.15) is 5.15 Å². The summed E-state index contributed by atoms with van der Waals surface area (Å²) in [7, 11) is 0. The van der Waals surface area contributed by atoms with E-state index >= 15 is 0 Å². The number of nitrogens with zero attached hydrogens (tertiary/aromatic N) is 2. The molecule has 0 bridgehead atoms. The van der Waals surface area contributed by atoms with Crippen molar-refractivity contribution >= 4 is 34.2 Å². The van der Waals surface area contributed by atoms with E-state index in [1.807, 2.05) is 6.07 Å². The molecule has 4 heteroatoms. The van der Waals surface area contributed by atoms with E-state index in [9.17, 15) is 0 Å². The fourth-order valence-electron chi connectivity index (χ4n) is 0.961. The fraction of sp³-hybridized carbons (Fsp3) is 0. The lowest BCUT2D eigenvalue weighted by atomic mass is 10.3. The van der Waals surface area contributed by atoms with Crippen LogP contribution in [-0.2, 0) is 0 Å². The minimum atomic E-state index is 0.442. The monoisotopic (exact) mass is 198 g/mol.